The predicted molar refractivity (Wildman–Crippen MR) is 83.3 cm³/mol. The third-order valence-corrected chi connectivity index (χ3v) is 5.34. The number of amides is 1. The molecule has 0 saturated carbocycles. The van der Waals surface area contributed by atoms with Crippen molar-refractivity contribution < 1.29 is 4.79 Å². The smallest absolute Gasteiger partial charge is 0.255 e. The number of thioether (sulfide) groups is 1. The molecule has 6 heteroatoms. The molecule has 104 valence electrons. The number of nitrogens with zero attached hydrogens (tertiary/aromatic N) is 1. The van der Waals surface area contributed by atoms with Crippen molar-refractivity contribution in [1.82, 2.24) is 4.90 Å². The Morgan fingerprint density at radius 1 is 1.53 bits per heavy atom. The van der Waals surface area contributed by atoms with Crippen LogP contribution in [0.5, 0.6) is 0 Å². The number of nitrogens with two attached hydrogens (primary N) is 1. The van der Waals surface area contributed by atoms with Crippen LogP contribution in [0, 0.1) is 0 Å². The third kappa shape index (κ3) is 3.30. The molecule has 1 amide bonds. The second-order valence-electron chi connectivity index (χ2n) is 4.52. The van der Waals surface area contributed by atoms with Gasteiger partial charge < -0.3 is 10.6 Å². The first-order valence-corrected chi connectivity index (χ1v) is 7.98. The van der Waals surface area contributed by atoms with Gasteiger partial charge in [0.05, 0.1) is 15.6 Å². The van der Waals surface area contributed by atoms with Crippen LogP contribution in [0.3, 0.4) is 0 Å². The summed E-state index contributed by atoms with van der Waals surface area (Å²) in [5, 5.41) is 1.10. The van der Waals surface area contributed by atoms with Gasteiger partial charge in [0, 0.05) is 29.8 Å². The fraction of sp³-hybridized carbons (Fsp3) is 0.462. The summed E-state index contributed by atoms with van der Waals surface area (Å²) in [5.41, 5.74) is 6.58. The van der Waals surface area contributed by atoms with E-state index in [1.807, 2.05) is 16.7 Å². The molecule has 2 N–H and O–H groups in total. The molecule has 2 rings (SSSR count). The number of carbonyl (C=O) groups is 1. The summed E-state index contributed by atoms with van der Waals surface area (Å²) in [6, 6.07) is 3.15. The van der Waals surface area contributed by atoms with Gasteiger partial charge >= 0.3 is 0 Å². The van der Waals surface area contributed by atoms with E-state index in [0.717, 1.165) is 25.3 Å². The SMILES string of the molecule is CCC1CN(C(=O)c2cc(N)cc(Cl)c2Cl)CCS1. The van der Waals surface area contributed by atoms with E-state index in [2.05, 4.69) is 6.92 Å². The van der Waals surface area contributed by atoms with Crippen LogP contribution < -0.4 is 5.73 Å². The molecule has 0 bridgehead atoms. The summed E-state index contributed by atoms with van der Waals surface area (Å²) < 4.78 is 0. The van der Waals surface area contributed by atoms with Crippen molar-refractivity contribution in [2.75, 3.05) is 24.6 Å². The van der Waals surface area contributed by atoms with Crippen LogP contribution in [0.25, 0.3) is 0 Å². The second-order valence-corrected chi connectivity index (χ2v) is 6.71. The molecule has 1 aliphatic rings. The number of rotatable bonds is 2. The molecule has 0 spiro atoms. The number of benzene rings is 1. The van der Waals surface area contributed by atoms with Gasteiger partial charge in [-0.1, -0.05) is 30.1 Å². The van der Waals surface area contributed by atoms with Crippen LogP contribution in [-0.4, -0.2) is 34.9 Å². The molecule has 1 aromatic carbocycles. The first-order chi connectivity index (χ1) is 9.02. The van der Waals surface area contributed by atoms with Gasteiger partial charge in [-0.25, -0.2) is 0 Å². The van der Waals surface area contributed by atoms with Crippen molar-refractivity contribution in [3.8, 4) is 0 Å². The van der Waals surface area contributed by atoms with E-state index in [1.54, 1.807) is 12.1 Å². The Labute approximate surface area is 127 Å². The van der Waals surface area contributed by atoms with Crippen molar-refractivity contribution in [3.63, 3.8) is 0 Å². The predicted octanol–water partition coefficient (Wildman–Crippen LogP) is 3.54. The highest BCUT2D eigenvalue weighted by atomic mass is 35.5. The molecule has 1 fully saturated rings. The first kappa shape index (κ1) is 14.8. The molecular formula is C13H16Cl2N2OS. The Bertz CT molecular complexity index is 496. The number of hydrogen-bond acceptors (Lipinski definition) is 3. The molecular weight excluding hydrogens is 303 g/mol. The average molecular weight is 319 g/mol. The first-order valence-electron chi connectivity index (χ1n) is 6.18. The minimum absolute atomic E-state index is 0.0852. The third-order valence-electron chi connectivity index (χ3n) is 3.16. The molecule has 1 aromatic rings. The quantitative estimate of drug-likeness (QED) is 0.848. The largest absolute Gasteiger partial charge is 0.399 e. The molecule has 0 radical (unpaired) electrons. The molecule has 19 heavy (non-hydrogen) atoms. The van der Waals surface area contributed by atoms with E-state index in [4.69, 9.17) is 28.9 Å². The van der Waals surface area contributed by atoms with Gasteiger partial charge in [-0.05, 0) is 18.6 Å². The molecule has 1 heterocycles. The highest BCUT2D eigenvalue weighted by Crippen LogP contribution is 2.31. The fourth-order valence-corrected chi connectivity index (χ4v) is 3.68. The van der Waals surface area contributed by atoms with E-state index in [9.17, 15) is 4.79 Å². The lowest BCUT2D eigenvalue weighted by Crippen LogP contribution is -2.41. The second kappa shape index (κ2) is 6.25. The molecule has 1 unspecified atom stereocenters. The number of nitrogen functional groups attached to an aromatic ring is 1. The fourth-order valence-electron chi connectivity index (χ4n) is 2.09. The number of anilines is 1. The Morgan fingerprint density at radius 3 is 2.95 bits per heavy atom. The number of hydrogen-bond donors (Lipinski definition) is 1. The Kier molecular flexibility index (Phi) is 4.87. The molecule has 0 aliphatic carbocycles. The van der Waals surface area contributed by atoms with E-state index < -0.39 is 0 Å². The van der Waals surface area contributed by atoms with E-state index >= 15 is 0 Å². The molecule has 3 nitrogen and oxygen atoms in total. The summed E-state index contributed by atoms with van der Waals surface area (Å²) in [6.07, 6.45) is 1.06. The number of carbonyl (C=O) groups excluding carboxylic acids is 1. The Balaban J connectivity index is 2.24. The molecule has 1 saturated heterocycles. The Morgan fingerprint density at radius 2 is 2.26 bits per heavy atom. The Hall–Kier alpha value is -0.580. The van der Waals surface area contributed by atoms with Gasteiger partial charge in [-0.2, -0.15) is 11.8 Å². The maximum absolute atomic E-state index is 12.5. The maximum atomic E-state index is 12.5. The highest BCUT2D eigenvalue weighted by Gasteiger charge is 2.26. The van der Waals surface area contributed by atoms with Crippen molar-refractivity contribution >= 4 is 46.6 Å². The topological polar surface area (TPSA) is 46.3 Å². The zero-order valence-corrected chi connectivity index (χ0v) is 13.0. The van der Waals surface area contributed by atoms with Gasteiger partial charge in [0.1, 0.15) is 0 Å². The highest BCUT2D eigenvalue weighted by molar-refractivity contribution is 8.00. The summed E-state index contributed by atoms with van der Waals surface area (Å²) in [5.74, 6) is 0.871. The summed E-state index contributed by atoms with van der Waals surface area (Å²) in [6.45, 7) is 3.63. The van der Waals surface area contributed by atoms with Crippen molar-refractivity contribution in [1.29, 1.82) is 0 Å². The van der Waals surface area contributed by atoms with Gasteiger partial charge in [0.15, 0.2) is 0 Å². The summed E-state index contributed by atoms with van der Waals surface area (Å²) in [7, 11) is 0. The van der Waals surface area contributed by atoms with Crippen LogP contribution >= 0.6 is 35.0 Å². The zero-order valence-electron chi connectivity index (χ0n) is 10.7. The summed E-state index contributed by atoms with van der Waals surface area (Å²) >= 11 is 14.0. The standard InChI is InChI=1S/C13H16Cl2N2OS/c1-2-9-7-17(3-4-19-9)13(18)10-5-8(16)6-11(14)12(10)15/h5-6,9H,2-4,7,16H2,1H3. The monoisotopic (exact) mass is 318 g/mol. The van der Waals surface area contributed by atoms with Gasteiger partial charge in [0.25, 0.3) is 5.91 Å². The lowest BCUT2D eigenvalue weighted by Gasteiger charge is -2.32. The van der Waals surface area contributed by atoms with Crippen LogP contribution in [0.1, 0.15) is 23.7 Å². The lowest BCUT2D eigenvalue weighted by molar-refractivity contribution is 0.0761. The van der Waals surface area contributed by atoms with E-state index in [-0.39, 0.29) is 10.9 Å². The van der Waals surface area contributed by atoms with Crippen LogP contribution in [-0.2, 0) is 0 Å². The minimum Gasteiger partial charge on any atom is -0.399 e. The van der Waals surface area contributed by atoms with E-state index in [1.165, 1.54) is 0 Å². The van der Waals surface area contributed by atoms with Crippen molar-refractivity contribution in [2.24, 2.45) is 0 Å². The van der Waals surface area contributed by atoms with Crippen LogP contribution in [0.2, 0.25) is 10.0 Å². The van der Waals surface area contributed by atoms with Gasteiger partial charge in [-0.15, -0.1) is 0 Å². The molecule has 0 aromatic heterocycles. The van der Waals surface area contributed by atoms with Crippen LogP contribution in [0.15, 0.2) is 12.1 Å². The normalized spacial score (nSPS) is 19.5. The molecule has 1 aliphatic heterocycles. The summed E-state index contributed by atoms with van der Waals surface area (Å²) in [4.78, 5) is 14.3. The van der Waals surface area contributed by atoms with Crippen molar-refractivity contribution in [3.05, 3.63) is 27.7 Å². The minimum atomic E-state index is -0.0852. The van der Waals surface area contributed by atoms with Gasteiger partial charge in [0.2, 0.25) is 0 Å². The maximum Gasteiger partial charge on any atom is 0.255 e. The number of halogens is 2. The average Bonchev–Trinajstić information content (AvgIpc) is 2.42. The van der Waals surface area contributed by atoms with Crippen LogP contribution in [0.4, 0.5) is 5.69 Å². The molecule has 1 atom stereocenters. The van der Waals surface area contributed by atoms with E-state index in [0.29, 0.717) is 21.5 Å². The lowest BCUT2D eigenvalue weighted by atomic mass is 10.1. The zero-order chi connectivity index (χ0) is 14.0. The van der Waals surface area contributed by atoms with Gasteiger partial charge in [-0.3, -0.25) is 4.79 Å². The van der Waals surface area contributed by atoms with Crippen molar-refractivity contribution in [2.45, 2.75) is 18.6 Å².